The highest BCUT2D eigenvalue weighted by Gasteiger charge is 2.13. The van der Waals surface area contributed by atoms with Crippen molar-refractivity contribution in [1.29, 1.82) is 0 Å². The van der Waals surface area contributed by atoms with Gasteiger partial charge in [-0.25, -0.2) is 9.79 Å². The number of carbonyl (C=O) groups is 1. The molecule has 0 unspecified atom stereocenters. The Labute approximate surface area is 185 Å². The lowest BCUT2D eigenvalue weighted by Crippen LogP contribution is -2.39. The Bertz CT molecular complexity index is 609. The van der Waals surface area contributed by atoms with Gasteiger partial charge in [0.25, 0.3) is 0 Å². The molecule has 0 saturated carbocycles. The molecule has 0 amide bonds. The number of halogens is 1. The highest BCUT2D eigenvalue weighted by molar-refractivity contribution is 14.0. The van der Waals surface area contributed by atoms with E-state index in [-0.39, 0.29) is 24.0 Å². The van der Waals surface area contributed by atoms with Crippen LogP contribution in [0, 0.1) is 5.92 Å². The summed E-state index contributed by atoms with van der Waals surface area (Å²) in [6.07, 6.45) is 1.06. The molecule has 0 radical (unpaired) electrons. The van der Waals surface area contributed by atoms with Crippen LogP contribution in [0.3, 0.4) is 0 Å². The number of guanidine groups is 1. The lowest BCUT2D eigenvalue weighted by molar-refractivity contribution is 0.0597. The standard InChI is InChI=1S/C20H33N3O4.HI/c1-6-21-20(22-10-12-27-11-9-15(2)3)23-14-16-7-8-18(25-4)17(13-16)19(24)26-5;/h7-8,13,15H,6,9-12,14H2,1-5H3,(H2,21,22,23);1H. The van der Waals surface area contributed by atoms with E-state index < -0.39 is 5.97 Å². The van der Waals surface area contributed by atoms with E-state index in [0.717, 1.165) is 25.1 Å². The molecule has 8 heteroatoms. The van der Waals surface area contributed by atoms with Gasteiger partial charge in [0.05, 0.1) is 27.4 Å². The van der Waals surface area contributed by atoms with Gasteiger partial charge in [0.1, 0.15) is 11.3 Å². The smallest absolute Gasteiger partial charge is 0.341 e. The van der Waals surface area contributed by atoms with E-state index in [9.17, 15) is 4.79 Å². The number of esters is 1. The van der Waals surface area contributed by atoms with Crippen LogP contribution in [0.2, 0.25) is 0 Å². The average molecular weight is 507 g/mol. The summed E-state index contributed by atoms with van der Waals surface area (Å²) in [6, 6.07) is 5.38. The number of aliphatic imine (C=N–C) groups is 1. The van der Waals surface area contributed by atoms with Crippen LogP contribution >= 0.6 is 24.0 Å². The molecular formula is C20H34IN3O4. The van der Waals surface area contributed by atoms with Crippen LogP contribution in [0.25, 0.3) is 0 Å². The van der Waals surface area contributed by atoms with Gasteiger partial charge in [-0.15, -0.1) is 24.0 Å². The second-order valence-electron chi connectivity index (χ2n) is 6.44. The van der Waals surface area contributed by atoms with Crippen LogP contribution in [0.1, 0.15) is 43.1 Å². The maximum Gasteiger partial charge on any atom is 0.341 e. The molecule has 0 aliphatic heterocycles. The molecule has 7 nitrogen and oxygen atoms in total. The van der Waals surface area contributed by atoms with Gasteiger partial charge in [-0.1, -0.05) is 19.9 Å². The van der Waals surface area contributed by atoms with Gasteiger partial charge in [-0.05, 0) is 37.0 Å². The van der Waals surface area contributed by atoms with E-state index in [2.05, 4.69) is 29.5 Å². The summed E-state index contributed by atoms with van der Waals surface area (Å²) in [5.74, 6) is 1.41. The molecule has 160 valence electrons. The van der Waals surface area contributed by atoms with Gasteiger partial charge in [0.15, 0.2) is 5.96 Å². The molecule has 2 N–H and O–H groups in total. The summed E-state index contributed by atoms with van der Waals surface area (Å²) in [4.78, 5) is 16.4. The fraction of sp³-hybridized carbons (Fsp3) is 0.600. The number of rotatable bonds is 11. The van der Waals surface area contributed by atoms with Crippen molar-refractivity contribution in [2.75, 3.05) is 40.5 Å². The fourth-order valence-electron chi connectivity index (χ4n) is 2.30. The second kappa shape index (κ2) is 15.4. The molecule has 0 aromatic heterocycles. The van der Waals surface area contributed by atoms with Crippen molar-refractivity contribution in [3.8, 4) is 5.75 Å². The maximum atomic E-state index is 11.9. The number of benzene rings is 1. The molecule has 1 rings (SSSR count). The molecular weight excluding hydrogens is 473 g/mol. The van der Waals surface area contributed by atoms with Crippen molar-refractivity contribution in [2.45, 2.75) is 33.7 Å². The zero-order chi connectivity index (χ0) is 20.1. The number of carbonyl (C=O) groups excluding carboxylic acids is 1. The van der Waals surface area contributed by atoms with Gasteiger partial charge in [0, 0.05) is 19.7 Å². The molecule has 0 fully saturated rings. The Kier molecular flexibility index (Phi) is 14.5. The third-order valence-corrected chi connectivity index (χ3v) is 3.81. The molecule has 0 spiro atoms. The normalized spacial score (nSPS) is 11.0. The first-order valence-corrected chi connectivity index (χ1v) is 9.36. The zero-order valence-corrected chi connectivity index (χ0v) is 19.9. The molecule has 1 aromatic carbocycles. The van der Waals surface area contributed by atoms with E-state index in [4.69, 9.17) is 14.2 Å². The van der Waals surface area contributed by atoms with E-state index in [1.165, 1.54) is 14.2 Å². The fourth-order valence-corrected chi connectivity index (χ4v) is 2.30. The van der Waals surface area contributed by atoms with E-state index >= 15 is 0 Å². The van der Waals surface area contributed by atoms with Crippen LogP contribution in [0.5, 0.6) is 5.75 Å². The summed E-state index contributed by atoms with van der Waals surface area (Å²) in [5, 5.41) is 6.45. The molecule has 1 aromatic rings. The number of nitrogens with one attached hydrogen (secondary N) is 2. The third kappa shape index (κ3) is 10.1. The third-order valence-electron chi connectivity index (χ3n) is 3.81. The highest BCUT2D eigenvalue weighted by atomic mass is 127. The van der Waals surface area contributed by atoms with E-state index in [0.29, 0.717) is 42.9 Å². The first-order valence-electron chi connectivity index (χ1n) is 9.36. The Morgan fingerprint density at radius 1 is 1.18 bits per heavy atom. The quantitative estimate of drug-likeness (QED) is 0.158. The molecule has 0 atom stereocenters. The van der Waals surface area contributed by atoms with Gasteiger partial charge in [0.2, 0.25) is 0 Å². The summed E-state index contributed by atoms with van der Waals surface area (Å²) < 4.78 is 15.6. The SMILES string of the molecule is CCNC(=NCc1ccc(OC)c(C(=O)OC)c1)NCCOCCC(C)C.I. The van der Waals surface area contributed by atoms with E-state index in [1.54, 1.807) is 12.1 Å². The molecule has 0 heterocycles. The van der Waals surface area contributed by atoms with Crippen LogP contribution in [-0.2, 0) is 16.0 Å². The molecule has 0 aliphatic rings. The number of nitrogens with zero attached hydrogens (tertiary/aromatic N) is 1. The van der Waals surface area contributed by atoms with Crippen molar-refractivity contribution in [3.63, 3.8) is 0 Å². The molecule has 0 bridgehead atoms. The van der Waals surface area contributed by atoms with Gasteiger partial charge in [-0.3, -0.25) is 0 Å². The monoisotopic (exact) mass is 507 g/mol. The number of methoxy groups -OCH3 is 2. The minimum atomic E-state index is -0.429. The van der Waals surface area contributed by atoms with Gasteiger partial charge >= 0.3 is 5.97 Å². The largest absolute Gasteiger partial charge is 0.496 e. The predicted molar refractivity (Wildman–Crippen MR) is 123 cm³/mol. The minimum Gasteiger partial charge on any atom is -0.496 e. The minimum absolute atomic E-state index is 0. The summed E-state index contributed by atoms with van der Waals surface area (Å²) in [6.45, 7) is 9.65. The lowest BCUT2D eigenvalue weighted by Gasteiger charge is -2.12. The van der Waals surface area contributed by atoms with Gasteiger partial charge in [-0.2, -0.15) is 0 Å². The van der Waals surface area contributed by atoms with Crippen LogP contribution in [-0.4, -0.2) is 52.5 Å². The van der Waals surface area contributed by atoms with Crippen molar-refractivity contribution >= 4 is 35.9 Å². The molecule has 0 aliphatic carbocycles. The van der Waals surface area contributed by atoms with Crippen molar-refractivity contribution < 1.29 is 19.0 Å². The number of ether oxygens (including phenoxy) is 3. The van der Waals surface area contributed by atoms with Crippen molar-refractivity contribution in [3.05, 3.63) is 29.3 Å². The van der Waals surface area contributed by atoms with Crippen LogP contribution < -0.4 is 15.4 Å². The average Bonchev–Trinajstić information content (AvgIpc) is 2.67. The first-order chi connectivity index (χ1) is 13.0. The van der Waals surface area contributed by atoms with Crippen LogP contribution in [0.15, 0.2) is 23.2 Å². The topological polar surface area (TPSA) is 81.2 Å². The lowest BCUT2D eigenvalue weighted by atomic mass is 10.1. The Balaban J connectivity index is 0.00000729. The summed E-state index contributed by atoms with van der Waals surface area (Å²) >= 11 is 0. The summed E-state index contributed by atoms with van der Waals surface area (Å²) in [7, 11) is 2.87. The first kappa shape index (κ1) is 26.4. The Hall–Kier alpha value is -1.55. The number of hydrogen-bond donors (Lipinski definition) is 2. The zero-order valence-electron chi connectivity index (χ0n) is 17.5. The van der Waals surface area contributed by atoms with Gasteiger partial charge < -0.3 is 24.8 Å². The predicted octanol–water partition coefficient (Wildman–Crippen LogP) is 3.22. The Morgan fingerprint density at radius 2 is 1.93 bits per heavy atom. The van der Waals surface area contributed by atoms with Crippen molar-refractivity contribution in [1.82, 2.24) is 10.6 Å². The highest BCUT2D eigenvalue weighted by Crippen LogP contribution is 2.21. The second-order valence-corrected chi connectivity index (χ2v) is 6.44. The molecule has 0 saturated heterocycles. The summed E-state index contributed by atoms with van der Waals surface area (Å²) in [5.41, 5.74) is 1.28. The van der Waals surface area contributed by atoms with E-state index in [1.807, 2.05) is 13.0 Å². The van der Waals surface area contributed by atoms with Crippen LogP contribution in [0.4, 0.5) is 0 Å². The Morgan fingerprint density at radius 3 is 2.54 bits per heavy atom. The maximum absolute atomic E-state index is 11.9. The number of hydrogen-bond acceptors (Lipinski definition) is 5. The van der Waals surface area contributed by atoms with Crippen molar-refractivity contribution in [2.24, 2.45) is 10.9 Å². The molecule has 28 heavy (non-hydrogen) atoms.